The van der Waals surface area contributed by atoms with E-state index in [2.05, 4.69) is 34.5 Å². The molecule has 2 aromatic carbocycles. The third-order valence-corrected chi connectivity index (χ3v) is 3.50. The van der Waals surface area contributed by atoms with E-state index in [9.17, 15) is 0 Å². The van der Waals surface area contributed by atoms with E-state index in [0.717, 1.165) is 30.6 Å². The van der Waals surface area contributed by atoms with Gasteiger partial charge in [0.2, 0.25) is 11.8 Å². The van der Waals surface area contributed by atoms with Gasteiger partial charge in [0.15, 0.2) is 0 Å². The molecule has 0 aliphatic rings. The molecule has 0 N–H and O–H groups in total. The first-order chi connectivity index (χ1) is 10.8. The minimum absolute atomic E-state index is 0.553. The van der Waals surface area contributed by atoms with Gasteiger partial charge < -0.3 is 9.15 Å². The highest BCUT2D eigenvalue weighted by Crippen LogP contribution is 2.21. The third kappa shape index (κ3) is 3.52. The smallest absolute Gasteiger partial charge is 0.247 e. The lowest BCUT2D eigenvalue weighted by Gasteiger charge is -1.99. The van der Waals surface area contributed by atoms with Gasteiger partial charge >= 0.3 is 0 Å². The molecule has 0 bridgehead atoms. The minimum Gasteiger partial charge on any atom is -0.497 e. The normalized spacial score (nSPS) is 10.6. The van der Waals surface area contributed by atoms with Gasteiger partial charge in [-0.3, -0.25) is 0 Å². The summed E-state index contributed by atoms with van der Waals surface area (Å²) in [6.07, 6.45) is 2.80. The minimum atomic E-state index is 0.553. The maximum atomic E-state index is 5.72. The van der Waals surface area contributed by atoms with Crippen molar-refractivity contribution in [1.29, 1.82) is 0 Å². The van der Waals surface area contributed by atoms with Crippen LogP contribution in [0.3, 0.4) is 0 Å². The third-order valence-electron chi connectivity index (χ3n) is 3.50. The van der Waals surface area contributed by atoms with Crippen molar-refractivity contribution in [2.24, 2.45) is 0 Å². The quantitative estimate of drug-likeness (QED) is 0.691. The van der Waals surface area contributed by atoms with Crippen molar-refractivity contribution in [3.8, 4) is 17.2 Å². The molecule has 0 aliphatic heterocycles. The first-order valence-corrected chi connectivity index (χ1v) is 7.36. The summed E-state index contributed by atoms with van der Waals surface area (Å²) in [5.41, 5.74) is 2.24. The molecule has 0 saturated heterocycles. The zero-order chi connectivity index (χ0) is 15.2. The average Bonchev–Trinajstić information content (AvgIpc) is 3.05. The molecule has 22 heavy (non-hydrogen) atoms. The van der Waals surface area contributed by atoms with Gasteiger partial charge in [0.25, 0.3) is 0 Å². The summed E-state index contributed by atoms with van der Waals surface area (Å²) in [7, 11) is 1.65. The van der Waals surface area contributed by atoms with Gasteiger partial charge in [-0.25, -0.2) is 0 Å². The molecule has 4 nitrogen and oxygen atoms in total. The zero-order valence-corrected chi connectivity index (χ0v) is 12.5. The van der Waals surface area contributed by atoms with E-state index in [4.69, 9.17) is 9.15 Å². The molecule has 1 aromatic heterocycles. The monoisotopic (exact) mass is 294 g/mol. The van der Waals surface area contributed by atoms with Crippen LogP contribution in [0.4, 0.5) is 0 Å². The first-order valence-electron chi connectivity index (χ1n) is 7.36. The number of nitrogens with zero attached hydrogens (tertiary/aromatic N) is 2. The maximum absolute atomic E-state index is 5.72. The zero-order valence-electron chi connectivity index (χ0n) is 12.5. The number of methoxy groups -OCH3 is 1. The van der Waals surface area contributed by atoms with Crippen LogP contribution in [0.15, 0.2) is 59.0 Å². The van der Waals surface area contributed by atoms with Crippen molar-refractivity contribution in [3.05, 3.63) is 66.1 Å². The van der Waals surface area contributed by atoms with Crippen LogP contribution in [0.1, 0.15) is 17.9 Å². The fourth-order valence-corrected chi connectivity index (χ4v) is 2.29. The molecule has 0 spiro atoms. The Bertz CT molecular complexity index is 705. The molecular formula is C18H18N2O2. The summed E-state index contributed by atoms with van der Waals surface area (Å²) in [6, 6.07) is 18.0. The standard InChI is InChI=1S/C18H18N2O2/c1-21-16-12-10-15(11-13-16)18-20-19-17(22-18)9-5-8-14-6-3-2-4-7-14/h2-4,6-7,10-13H,5,8-9H2,1H3. The second kappa shape index (κ2) is 6.89. The summed E-state index contributed by atoms with van der Waals surface area (Å²) in [5.74, 6) is 2.05. The predicted octanol–water partition coefficient (Wildman–Crippen LogP) is 3.92. The molecular weight excluding hydrogens is 276 g/mol. The van der Waals surface area contributed by atoms with Crippen molar-refractivity contribution in [2.45, 2.75) is 19.3 Å². The fraction of sp³-hybridized carbons (Fsp3) is 0.222. The van der Waals surface area contributed by atoms with Crippen LogP contribution in [0.2, 0.25) is 0 Å². The van der Waals surface area contributed by atoms with Gasteiger partial charge in [-0.1, -0.05) is 30.3 Å². The average molecular weight is 294 g/mol. The summed E-state index contributed by atoms with van der Waals surface area (Å²) < 4.78 is 10.9. The molecule has 1 heterocycles. The largest absolute Gasteiger partial charge is 0.497 e. The number of rotatable bonds is 6. The number of ether oxygens (including phenoxy) is 1. The molecule has 4 heteroatoms. The van der Waals surface area contributed by atoms with E-state index in [0.29, 0.717) is 11.8 Å². The predicted molar refractivity (Wildman–Crippen MR) is 84.8 cm³/mol. The maximum Gasteiger partial charge on any atom is 0.247 e. The summed E-state index contributed by atoms with van der Waals surface area (Å²) in [5, 5.41) is 8.23. The van der Waals surface area contributed by atoms with Gasteiger partial charge in [0.05, 0.1) is 7.11 Å². The Balaban J connectivity index is 1.58. The van der Waals surface area contributed by atoms with Gasteiger partial charge in [0, 0.05) is 12.0 Å². The SMILES string of the molecule is COc1ccc(-c2nnc(CCCc3ccccc3)o2)cc1. The molecule has 3 aromatic rings. The number of hydrogen-bond acceptors (Lipinski definition) is 4. The van der Waals surface area contributed by atoms with Crippen molar-refractivity contribution in [1.82, 2.24) is 10.2 Å². The number of aryl methyl sites for hydroxylation is 2. The Morgan fingerprint density at radius 1 is 0.909 bits per heavy atom. The second-order valence-corrected chi connectivity index (χ2v) is 5.07. The lowest BCUT2D eigenvalue weighted by atomic mass is 10.1. The Morgan fingerprint density at radius 2 is 1.68 bits per heavy atom. The molecule has 0 unspecified atom stereocenters. The van der Waals surface area contributed by atoms with Crippen LogP contribution in [-0.2, 0) is 12.8 Å². The van der Waals surface area contributed by atoms with Crippen molar-refractivity contribution in [2.75, 3.05) is 7.11 Å². The number of hydrogen-bond donors (Lipinski definition) is 0. The topological polar surface area (TPSA) is 48.2 Å². The molecule has 3 rings (SSSR count). The van der Waals surface area contributed by atoms with E-state index in [1.54, 1.807) is 7.11 Å². The lowest BCUT2D eigenvalue weighted by molar-refractivity contribution is 0.415. The van der Waals surface area contributed by atoms with E-state index < -0.39 is 0 Å². The van der Waals surface area contributed by atoms with Crippen LogP contribution in [0.5, 0.6) is 5.75 Å². The van der Waals surface area contributed by atoms with Crippen molar-refractivity contribution < 1.29 is 9.15 Å². The van der Waals surface area contributed by atoms with Crippen LogP contribution in [0, 0.1) is 0 Å². The van der Waals surface area contributed by atoms with Crippen LogP contribution >= 0.6 is 0 Å². The molecule has 0 radical (unpaired) electrons. The Hall–Kier alpha value is -2.62. The summed E-state index contributed by atoms with van der Waals surface area (Å²) in [4.78, 5) is 0. The molecule has 0 saturated carbocycles. The second-order valence-electron chi connectivity index (χ2n) is 5.07. The van der Waals surface area contributed by atoms with Crippen molar-refractivity contribution in [3.63, 3.8) is 0 Å². The van der Waals surface area contributed by atoms with Crippen LogP contribution in [0.25, 0.3) is 11.5 Å². The van der Waals surface area contributed by atoms with Crippen molar-refractivity contribution >= 4 is 0 Å². The highest BCUT2D eigenvalue weighted by molar-refractivity contribution is 5.53. The fourth-order valence-electron chi connectivity index (χ4n) is 2.29. The van der Waals surface area contributed by atoms with Crippen LogP contribution < -0.4 is 4.74 Å². The van der Waals surface area contributed by atoms with Gasteiger partial charge in [-0.15, -0.1) is 10.2 Å². The Labute approximate surface area is 129 Å². The molecule has 0 aliphatic carbocycles. The van der Waals surface area contributed by atoms with Gasteiger partial charge in [-0.05, 0) is 42.7 Å². The highest BCUT2D eigenvalue weighted by atomic mass is 16.5. The highest BCUT2D eigenvalue weighted by Gasteiger charge is 2.08. The molecule has 112 valence electrons. The summed E-state index contributed by atoms with van der Waals surface area (Å²) >= 11 is 0. The number of benzene rings is 2. The molecule has 0 amide bonds. The Kier molecular flexibility index (Phi) is 4.49. The van der Waals surface area contributed by atoms with E-state index in [1.165, 1.54) is 5.56 Å². The van der Waals surface area contributed by atoms with Gasteiger partial charge in [0.1, 0.15) is 5.75 Å². The Morgan fingerprint density at radius 3 is 2.41 bits per heavy atom. The van der Waals surface area contributed by atoms with E-state index in [1.807, 2.05) is 30.3 Å². The van der Waals surface area contributed by atoms with Crippen LogP contribution in [-0.4, -0.2) is 17.3 Å². The first kappa shape index (κ1) is 14.3. The number of aromatic nitrogens is 2. The van der Waals surface area contributed by atoms with E-state index >= 15 is 0 Å². The van der Waals surface area contributed by atoms with Gasteiger partial charge in [-0.2, -0.15) is 0 Å². The molecule has 0 atom stereocenters. The molecule has 0 fully saturated rings. The lowest BCUT2D eigenvalue weighted by Crippen LogP contribution is -1.90. The summed E-state index contributed by atoms with van der Waals surface area (Å²) in [6.45, 7) is 0. The van der Waals surface area contributed by atoms with E-state index in [-0.39, 0.29) is 0 Å².